The molecule has 0 fully saturated rings. The molecule has 0 bridgehead atoms. The Balaban J connectivity index is 0.00000128. The van der Waals surface area contributed by atoms with Crippen molar-refractivity contribution in [3.8, 4) is 0 Å². The third-order valence-corrected chi connectivity index (χ3v) is 3.05. The molecule has 16 heavy (non-hydrogen) atoms. The molecule has 88 valence electrons. The van der Waals surface area contributed by atoms with Gasteiger partial charge in [0.25, 0.3) is 0 Å². The third kappa shape index (κ3) is 2.61. The van der Waals surface area contributed by atoms with E-state index in [4.69, 9.17) is 28.3 Å². The highest BCUT2D eigenvalue weighted by Crippen LogP contribution is 2.28. The normalized spacial score (nSPS) is 18.5. The van der Waals surface area contributed by atoms with Gasteiger partial charge >= 0.3 is 5.97 Å². The van der Waals surface area contributed by atoms with Crippen molar-refractivity contribution in [2.24, 2.45) is 0 Å². The van der Waals surface area contributed by atoms with E-state index in [9.17, 15) is 4.79 Å². The number of hydrogen-bond donors (Lipinski definition) is 2. The zero-order chi connectivity index (χ0) is 11.0. The molecule has 0 saturated heterocycles. The van der Waals surface area contributed by atoms with Crippen molar-refractivity contribution in [1.29, 1.82) is 0 Å². The van der Waals surface area contributed by atoms with Gasteiger partial charge in [0.15, 0.2) is 0 Å². The van der Waals surface area contributed by atoms with Crippen molar-refractivity contribution < 1.29 is 9.90 Å². The van der Waals surface area contributed by atoms with Crippen LogP contribution >= 0.6 is 35.6 Å². The largest absolute Gasteiger partial charge is 0.480 e. The van der Waals surface area contributed by atoms with E-state index >= 15 is 0 Å². The van der Waals surface area contributed by atoms with Crippen molar-refractivity contribution >= 4 is 41.6 Å². The summed E-state index contributed by atoms with van der Waals surface area (Å²) in [4.78, 5) is 10.8. The molecule has 0 unspecified atom stereocenters. The Hall–Kier alpha value is -0.480. The summed E-state index contributed by atoms with van der Waals surface area (Å²) in [6, 6.07) is 2.90. The number of rotatable bonds is 1. The molecule has 0 aliphatic carbocycles. The highest BCUT2D eigenvalue weighted by molar-refractivity contribution is 6.35. The van der Waals surface area contributed by atoms with Crippen LogP contribution in [0.3, 0.4) is 0 Å². The van der Waals surface area contributed by atoms with E-state index in [0.29, 0.717) is 23.0 Å². The van der Waals surface area contributed by atoms with Gasteiger partial charge in [-0.05, 0) is 23.3 Å². The number of hydrogen-bond acceptors (Lipinski definition) is 2. The number of carboxylic acid groups (broad SMARTS) is 1. The van der Waals surface area contributed by atoms with Crippen LogP contribution in [0.4, 0.5) is 0 Å². The maximum absolute atomic E-state index is 10.8. The van der Waals surface area contributed by atoms with Gasteiger partial charge in [-0.1, -0.05) is 23.2 Å². The van der Waals surface area contributed by atoms with Crippen LogP contribution in [0.25, 0.3) is 0 Å². The second-order valence-corrected chi connectivity index (χ2v) is 4.34. The fourth-order valence-corrected chi connectivity index (χ4v) is 2.34. The van der Waals surface area contributed by atoms with Crippen LogP contribution in [0, 0.1) is 0 Å². The molecule has 6 heteroatoms. The lowest BCUT2D eigenvalue weighted by Crippen LogP contribution is -2.41. The third-order valence-electron chi connectivity index (χ3n) is 2.50. The van der Waals surface area contributed by atoms with Crippen LogP contribution in [0.2, 0.25) is 10.0 Å². The number of fused-ring (bicyclic) bond motifs is 1. The Morgan fingerprint density at radius 2 is 2.12 bits per heavy atom. The minimum Gasteiger partial charge on any atom is -0.480 e. The van der Waals surface area contributed by atoms with Gasteiger partial charge in [0.1, 0.15) is 6.04 Å². The summed E-state index contributed by atoms with van der Waals surface area (Å²) in [5.74, 6) is -0.855. The molecule has 0 radical (unpaired) electrons. The van der Waals surface area contributed by atoms with Gasteiger partial charge in [0.05, 0.1) is 0 Å². The van der Waals surface area contributed by atoms with E-state index in [2.05, 4.69) is 5.32 Å². The number of carbonyl (C=O) groups is 1. The van der Waals surface area contributed by atoms with Crippen LogP contribution in [0.5, 0.6) is 0 Å². The smallest absolute Gasteiger partial charge is 0.321 e. The fourth-order valence-electron chi connectivity index (χ4n) is 1.73. The molecule has 3 nitrogen and oxygen atoms in total. The Morgan fingerprint density at radius 3 is 2.75 bits per heavy atom. The first-order chi connectivity index (χ1) is 7.08. The molecule has 1 atom stereocenters. The highest BCUT2D eigenvalue weighted by Gasteiger charge is 2.25. The predicted octanol–water partition coefficient (Wildman–Crippen LogP) is 2.51. The maximum Gasteiger partial charge on any atom is 0.321 e. The molecule has 0 spiro atoms. The van der Waals surface area contributed by atoms with Crippen molar-refractivity contribution in [3.05, 3.63) is 33.3 Å². The lowest BCUT2D eigenvalue weighted by atomic mass is 9.96. The summed E-state index contributed by atoms with van der Waals surface area (Å²) < 4.78 is 0. The molecular formula is C10H10Cl3NO2. The van der Waals surface area contributed by atoms with Crippen molar-refractivity contribution in [2.45, 2.75) is 19.0 Å². The molecule has 1 aromatic rings. The number of aliphatic carboxylic acids is 1. The van der Waals surface area contributed by atoms with Crippen molar-refractivity contribution in [2.75, 3.05) is 0 Å². The minimum absolute atomic E-state index is 0. The van der Waals surface area contributed by atoms with Gasteiger partial charge in [0.2, 0.25) is 0 Å². The predicted molar refractivity (Wildman–Crippen MR) is 65.7 cm³/mol. The molecule has 1 aliphatic rings. The monoisotopic (exact) mass is 281 g/mol. The molecule has 0 aromatic heterocycles. The first-order valence-corrected chi connectivity index (χ1v) is 5.26. The molecule has 1 aliphatic heterocycles. The Bertz CT molecular complexity index is 423. The molecule has 2 N–H and O–H groups in total. The standard InChI is InChI=1S/C10H9Cl2NO2.ClH/c11-6-1-5-4-13-9(10(14)15)3-7(5)8(12)2-6;/h1-2,9,13H,3-4H2,(H,14,15);1H/t9-;/m0./s1. The van der Waals surface area contributed by atoms with E-state index in [-0.39, 0.29) is 12.4 Å². The second-order valence-electron chi connectivity index (χ2n) is 3.50. The second kappa shape index (κ2) is 5.23. The van der Waals surface area contributed by atoms with Gasteiger partial charge in [-0.15, -0.1) is 12.4 Å². The Morgan fingerprint density at radius 1 is 1.44 bits per heavy atom. The van der Waals surface area contributed by atoms with Crippen molar-refractivity contribution in [1.82, 2.24) is 5.32 Å². The van der Waals surface area contributed by atoms with E-state index in [1.165, 1.54) is 0 Å². The molecule has 0 amide bonds. The van der Waals surface area contributed by atoms with Crippen LogP contribution in [-0.4, -0.2) is 17.1 Å². The molecule has 1 heterocycles. The van der Waals surface area contributed by atoms with Crippen LogP contribution in [0.15, 0.2) is 12.1 Å². The fraction of sp³-hybridized carbons (Fsp3) is 0.300. The van der Waals surface area contributed by atoms with E-state index in [0.717, 1.165) is 11.1 Å². The van der Waals surface area contributed by atoms with Gasteiger partial charge in [-0.25, -0.2) is 0 Å². The van der Waals surface area contributed by atoms with E-state index < -0.39 is 12.0 Å². The van der Waals surface area contributed by atoms with Gasteiger partial charge in [-0.3, -0.25) is 4.79 Å². The summed E-state index contributed by atoms with van der Waals surface area (Å²) in [5, 5.41) is 12.9. The average Bonchev–Trinajstić information content (AvgIpc) is 2.16. The number of carboxylic acids is 1. The average molecular weight is 283 g/mol. The summed E-state index contributed by atoms with van der Waals surface area (Å²) >= 11 is 11.9. The van der Waals surface area contributed by atoms with Gasteiger partial charge in [-0.2, -0.15) is 0 Å². The summed E-state index contributed by atoms with van der Waals surface area (Å²) in [7, 11) is 0. The van der Waals surface area contributed by atoms with Gasteiger partial charge in [0, 0.05) is 23.0 Å². The van der Waals surface area contributed by atoms with E-state index in [1.807, 2.05) is 6.07 Å². The van der Waals surface area contributed by atoms with Gasteiger partial charge < -0.3 is 10.4 Å². The summed E-state index contributed by atoms with van der Waals surface area (Å²) in [5.41, 5.74) is 1.86. The topological polar surface area (TPSA) is 49.3 Å². The Labute approximate surface area is 109 Å². The zero-order valence-corrected chi connectivity index (χ0v) is 10.5. The quantitative estimate of drug-likeness (QED) is 0.832. The lowest BCUT2D eigenvalue weighted by Gasteiger charge is -2.24. The summed E-state index contributed by atoms with van der Waals surface area (Å²) in [6.07, 6.45) is 0.403. The zero-order valence-electron chi connectivity index (χ0n) is 8.17. The lowest BCUT2D eigenvalue weighted by molar-refractivity contribution is -0.139. The Kier molecular flexibility index (Phi) is 4.44. The number of halogens is 3. The van der Waals surface area contributed by atoms with Crippen LogP contribution in [-0.2, 0) is 17.8 Å². The van der Waals surface area contributed by atoms with Crippen molar-refractivity contribution in [3.63, 3.8) is 0 Å². The number of benzene rings is 1. The minimum atomic E-state index is -0.855. The molecule has 1 aromatic carbocycles. The SMILES string of the molecule is Cl.O=C(O)[C@@H]1Cc2c(Cl)cc(Cl)cc2CN1. The van der Waals surface area contributed by atoms with Crippen LogP contribution < -0.4 is 5.32 Å². The number of nitrogens with one attached hydrogen (secondary N) is 1. The molecule has 0 saturated carbocycles. The van der Waals surface area contributed by atoms with E-state index in [1.54, 1.807) is 6.07 Å². The first kappa shape index (κ1) is 13.6. The maximum atomic E-state index is 10.8. The molecular weight excluding hydrogens is 272 g/mol. The molecule has 2 rings (SSSR count). The highest BCUT2D eigenvalue weighted by atomic mass is 35.5. The summed E-state index contributed by atoms with van der Waals surface area (Å²) in [6.45, 7) is 0.493. The van der Waals surface area contributed by atoms with Crippen LogP contribution in [0.1, 0.15) is 11.1 Å². The first-order valence-electron chi connectivity index (χ1n) is 4.51.